The normalized spacial score (nSPS) is 21.2. The third kappa shape index (κ3) is 1.84. The molecule has 1 unspecified atom stereocenters. The van der Waals surface area contributed by atoms with Gasteiger partial charge < -0.3 is 4.52 Å². The van der Waals surface area contributed by atoms with Crippen LogP contribution in [0.15, 0.2) is 46.3 Å². The Morgan fingerprint density at radius 2 is 2.00 bits per heavy atom. The standard InChI is InChI=1S/C18H17N7O/c1-2-6-12(5-1)17-21-18(22-26-17)24-11-20-16-13-7-3-4-8-14(13)23-10-19-9-15(23)25(16)24/h3-4,7-12,16H,1-2,5-6H2. The fourth-order valence-electron chi connectivity index (χ4n) is 4.19. The highest BCUT2D eigenvalue weighted by Crippen LogP contribution is 2.42. The number of hydrogen-bond donors (Lipinski definition) is 0. The Labute approximate surface area is 149 Å². The quantitative estimate of drug-likeness (QED) is 0.709. The third-order valence-corrected chi connectivity index (χ3v) is 5.45. The zero-order chi connectivity index (χ0) is 17.1. The first-order valence-corrected chi connectivity index (χ1v) is 8.97. The number of rotatable bonds is 2. The van der Waals surface area contributed by atoms with Crippen molar-refractivity contribution in [3.63, 3.8) is 0 Å². The zero-order valence-electron chi connectivity index (χ0n) is 14.1. The average Bonchev–Trinajstić information content (AvgIpc) is 3.47. The Morgan fingerprint density at radius 3 is 2.92 bits per heavy atom. The summed E-state index contributed by atoms with van der Waals surface area (Å²) in [5.41, 5.74) is 2.22. The Morgan fingerprint density at radius 1 is 1.12 bits per heavy atom. The summed E-state index contributed by atoms with van der Waals surface area (Å²) in [6.07, 6.45) is 10.0. The molecule has 26 heavy (non-hydrogen) atoms. The number of aliphatic imine (C=N–C) groups is 1. The van der Waals surface area contributed by atoms with Crippen LogP contribution >= 0.6 is 0 Å². The van der Waals surface area contributed by atoms with Crippen LogP contribution in [0.5, 0.6) is 0 Å². The van der Waals surface area contributed by atoms with E-state index in [-0.39, 0.29) is 6.17 Å². The van der Waals surface area contributed by atoms with Crippen molar-refractivity contribution < 1.29 is 4.52 Å². The van der Waals surface area contributed by atoms with E-state index in [9.17, 15) is 0 Å². The molecule has 1 saturated carbocycles. The Hall–Kier alpha value is -3.16. The van der Waals surface area contributed by atoms with Crippen molar-refractivity contribution in [1.29, 1.82) is 0 Å². The number of hydrazine groups is 1. The predicted octanol–water partition coefficient (Wildman–Crippen LogP) is 3.20. The number of hydrogen-bond acceptors (Lipinski definition) is 7. The van der Waals surface area contributed by atoms with E-state index in [1.165, 1.54) is 12.8 Å². The highest BCUT2D eigenvalue weighted by atomic mass is 16.5. The summed E-state index contributed by atoms with van der Waals surface area (Å²) in [6.45, 7) is 0. The van der Waals surface area contributed by atoms with Crippen LogP contribution in [0.4, 0.5) is 11.8 Å². The van der Waals surface area contributed by atoms with Gasteiger partial charge in [-0.3, -0.25) is 4.57 Å². The molecule has 8 heteroatoms. The first kappa shape index (κ1) is 14.1. The van der Waals surface area contributed by atoms with Crippen LogP contribution in [-0.4, -0.2) is 26.0 Å². The summed E-state index contributed by atoms with van der Waals surface area (Å²) in [6, 6.07) is 8.24. The first-order chi connectivity index (χ1) is 12.9. The maximum absolute atomic E-state index is 5.57. The second-order valence-corrected chi connectivity index (χ2v) is 6.92. The molecule has 4 heterocycles. The van der Waals surface area contributed by atoms with E-state index in [4.69, 9.17) is 9.52 Å². The van der Waals surface area contributed by atoms with Crippen LogP contribution in [0.3, 0.4) is 0 Å². The molecular weight excluding hydrogens is 330 g/mol. The molecule has 0 N–H and O–H groups in total. The lowest BCUT2D eigenvalue weighted by Gasteiger charge is -2.35. The molecule has 1 aromatic carbocycles. The molecule has 0 amide bonds. The summed E-state index contributed by atoms with van der Waals surface area (Å²) < 4.78 is 7.63. The van der Waals surface area contributed by atoms with Gasteiger partial charge >= 0.3 is 0 Å². The van der Waals surface area contributed by atoms with E-state index >= 15 is 0 Å². The summed E-state index contributed by atoms with van der Waals surface area (Å²) >= 11 is 0. The van der Waals surface area contributed by atoms with Crippen LogP contribution in [-0.2, 0) is 0 Å². The molecular formula is C18H17N7O. The van der Waals surface area contributed by atoms with Crippen LogP contribution < -0.4 is 10.0 Å². The largest absolute Gasteiger partial charge is 0.337 e. The highest BCUT2D eigenvalue weighted by Gasteiger charge is 2.40. The highest BCUT2D eigenvalue weighted by molar-refractivity contribution is 5.85. The van der Waals surface area contributed by atoms with Gasteiger partial charge in [-0.25, -0.2) is 20.0 Å². The minimum atomic E-state index is -0.149. The van der Waals surface area contributed by atoms with Crippen LogP contribution in [0.2, 0.25) is 0 Å². The second kappa shape index (κ2) is 5.17. The van der Waals surface area contributed by atoms with Crippen molar-refractivity contribution in [2.75, 3.05) is 10.0 Å². The molecule has 3 aliphatic rings. The molecule has 1 aliphatic carbocycles. The molecule has 6 rings (SSSR count). The summed E-state index contributed by atoms with van der Waals surface area (Å²) in [4.78, 5) is 13.7. The van der Waals surface area contributed by atoms with E-state index in [0.717, 1.165) is 35.8 Å². The van der Waals surface area contributed by atoms with Crippen molar-refractivity contribution in [3.8, 4) is 5.69 Å². The third-order valence-electron chi connectivity index (χ3n) is 5.45. The van der Waals surface area contributed by atoms with Crippen molar-refractivity contribution >= 4 is 18.1 Å². The second-order valence-electron chi connectivity index (χ2n) is 6.92. The van der Waals surface area contributed by atoms with E-state index in [0.29, 0.717) is 11.9 Å². The summed E-state index contributed by atoms with van der Waals surface area (Å²) in [5.74, 6) is 2.57. The topological polar surface area (TPSA) is 75.6 Å². The molecule has 2 aromatic heterocycles. The molecule has 8 nitrogen and oxygen atoms in total. The van der Waals surface area contributed by atoms with Gasteiger partial charge in [-0.1, -0.05) is 31.0 Å². The molecule has 1 atom stereocenters. The first-order valence-electron chi connectivity index (χ1n) is 8.97. The van der Waals surface area contributed by atoms with Crippen molar-refractivity contribution in [2.24, 2.45) is 4.99 Å². The number of benzene rings is 1. The smallest absolute Gasteiger partial charge is 0.290 e. The average molecular weight is 347 g/mol. The molecule has 0 radical (unpaired) electrons. The Balaban J connectivity index is 1.42. The van der Waals surface area contributed by atoms with Crippen molar-refractivity contribution in [3.05, 3.63) is 48.2 Å². The lowest BCUT2D eigenvalue weighted by molar-refractivity contribution is 0.354. The van der Waals surface area contributed by atoms with E-state index in [2.05, 4.69) is 36.8 Å². The van der Waals surface area contributed by atoms with Gasteiger partial charge in [0.1, 0.15) is 12.7 Å². The monoisotopic (exact) mass is 347 g/mol. The minimum absolute atomic E-state index is 0.149. The number of anilines is 2. The molecule has 2 aliphatic heterocycles. The maximum atomic E-state index is 5.57. The summed E-state index contributed by atoms with van der Waals surface area (Å²) in [5, 5.41) is 8.14. The lowest BCUT2D eigenvalue weighted by Crippen LogP contribution is -2.43. The number of fused-ring (bicyclic) bond motifs is 6. The number of imidazole rings is 1. The summed E-state index contributed by atoms with van der Waals surface area (Å²) in [7, 11) is 0. The van der Waals surface area contributed by atoms with Crippen molar-refractivity contribution in [2.45, 2.75) is 37.8 Å². The SMILES string of the molecule is C1=NC2c3ccccc3-n3cncc3N2N1c1noc(C2CCCC2)n1. The lowest BCUT2D eigenvalue weighted by atomic mass is 10.1. The fraction of sp³-hybridized carbons (Fsp3) is 0.333. The van der Waals surface area contributed by atoms with Gasteiger partial charge in [-0.15, -0.1) is 0 Å². The number of para-hydroxylation sites is 1. The number of nitrogens with zero attached hydrogens (tertiary/aromatic N) is 7. The molecule has 0 bridgehead atoms. The maximum Gasteiger partial charge on any atom is 0.290 e. The van der Waals surface area contributed by atoms with Crippen LogP contribution in [0.25, 0.3) is 5.69 Å². The molecule has 130 valence electrons. The number of aromatic nitrogens is 4. The minimum Gasteiger partial charge on any atom is -0.337 e. The zero-order valence-corrected chi connectivity index (χ0v) is 14.1. The van der Waals surface area contributed by atoms with Gasteiger partial charge in [0.25, 0.3) is 5.95 Å². The molecule has 0 saturated heterocycles. The van der Waals surface area contributed by atoms with Crippen LogP contribution in [0, 0.1) is 0 Å². The Kier molecular flexibility index (Phi) is 2.79. The van der Waals surface area contributed by atoms with Gasteiger partial charge in [0.2, 0.25) is 5.89 Å². The van der Waals surface area contributed by atoms with E-state index in [1.54, 1.807) is 6.34 Å². The fourth-order valence-corrected chi connectivity index (χ4v) is 4.19. The van der Waals surface area contributed by atoms with Gasteiger partial charge in [0, 0.05) is 11.5 Å². The molecule has 1 fully saturated rings. The predicted molar refractivity (Wildman–Crippen MR) is 95.3 cm³/mol. The van der Waals surface area contributed by atoms with E-state index < -0.39 is 0 Å². The van der Waals surface area contributed by atoms with Crippen molar-refractivity contribution in [1.82, 2.24) is 19.7 Å². The van der Waals surface area contributed by atoms with Crippen LogP contribution in [0.1, 0.15) is 49.2 Å². The van der Waals surface area contributed by atoms with Gasteiger partial charge in [-0.05, 0) is 24.1 Å². The van der Waals surface area contributed by atoms with Gasteiger partial charge in [-0.2, -0.15) is 4.98 Å². The Bertz CT molecular complexity index is 1000. The molecule has 0 spiro atoms. The van der Waals surface area contributed by atoms with Gasteiger partial charge in [0.15, 0.2) is 12.0 Å². The van der Waals surface area contributed by atoms with E-state index in [1.807, 2.05) is 29.7 Å². The molecule has 3 aromatic rings. The van der Waals surface area contributed by atoms with Gasteiger partial charge in [0.05, 0.1) is 11.9 Å².